The lowest BCUT2D eigenvalue weighted by atomic mass is 9.81. The second-order valence-electron chi connectivity index (χ2n) is 18.4. The molecule has 2 heterocycles. The van der Waals surface area contributed by atoms with Crippen LogP contribution in [0.1, 0.15) is 136 Å². The van der Waals surface area contributed by atoms with Gasteiger partial charge in [-0.15, -0.1) is 0 Å². The number of rotatable bonds is 11. The van der Waals surface area contributed by atoms with Crippen LogP contribution in [-0.4, -0.2) is 55.2 Å². The summed E-state index contributed by atoms with van der Waals surface area (Å²) in [4.78, 5) is 10.1. The predicted molar refractivity (Wildman–Crippen MR) is 246 cm³/mol. The van der Waals surface area contributed by atoms with Crippen molar-refractivity contribution in [1.29, 1.82) is 0 Å². The SMILES string of the molecule is Cc1cc2c(C(C)C)c(O)c(O)c(C=N[C@H]3CCCC[C@@H]3Cc3ccco3)c2c(O)c1-c1c(C)cc2c(C(C)C)c(O)c(O)c(C=N[C@@H]3CCCC[C@@H]3Cc3ccco3)c2c1O. The van der Waals surface area contributed by atoms with Gasteiger partial charge in [-0.3, -0.25) is 9.98 Å². The number of benzene rings is 4. The van der Waals surface area contributed by atoms with Gasteiger partial charge >= 0.3 is 0 Å². The maximum absolute atomic E-state index is 12.7. The Labute approximate surface area is 363 Å². The average molecular weight is 841 g/mol. The Balaban J connectivity index is 1.32. The van der Waals surface area contributed by atoms with Gasteiger partial charge in [0.2, 0.25) is 0 Å². The number of aryl methyl sites for hydroxylation is 2. The van der Waals surface area contributed by atoms with Crippen LogP contribution in [0.4, 0.5) is 0 Å². The maximum atomic E-state index is 12.7. The molecule has 10 heteroatoms. The van der Waals surface area contributed by atoms with Crippen LogP contribution in [0, 0.1) is 25.7 Å². The van der Waals surface area contributed by atoms with Crippen molar-refractivity contribution in [3.05, 3.63) is 93.8 Å². The molecule has 2 fully saturated rings. The number of aliphatic imine (C=N–C) groups is 2. The van der Waals surface area contributed by atoms with E-state index < -0.39 is 0 Å². The van der Waals surface area contributed by atoms with Crippen molar-refractivity contribution in [3.8, 4) is 45.6 Å². The molecule has 0 aliphatic heterocycles. The van der Waals surface area contributed by atoms with E-state index in [1.807, 2.05) is 77.9 Å². The summed E-state index contributed by atoms with van der Waals surface area (Å²) in [6, 6.07) is 11.4. The largest absolute Gasteiger partial charge is 0.507 e. The highest BCUT2D eigenvalue weighted by molar-refractivity contribution is 6.15. The molecule has 0 radical (unpaired) electrons. The number of furan rings is 2. The zero-order valence-corrected chi connectivity index (χ0v) is 36.7. The summed E-state index contributed by atoms with van der Waals surface area (Å²) in [6.45, 7) is 11.4. The van der Waals surface area contributed by atoms with E-state index in [0.717, 1.165) is 75.7 Å². The van der Waals surface area contributed by atoms with Crippen LogP contribution in [-0.2, 0) is 12.8 Å². The maximum Gasteiger partial charge on any atom is 0.167 e. The molecule has 62 heavy (non-hydrogen) atoms. The normalized spacial score (nSPS) is 19.9. The average Bonchev–Trinajstić information content (AvgIpc) is 3.96. The molecule has 2 aliphatic carbocycles. The zero-order chi connectivity index (χ0) is 44.0. The molecule has 2 saturated carbocycles. The fourth-order valence-electron chi connectivity index (χ4n) is 10.6. The summed E-state index contributed by atoms with van der Waals surface area (Å²) in [7, 11) is 0. The third kappa shape index (κ3) is 7.77. The number of nitrogens with zero attached hydrogens (tertiary/aromatic N) is 2. The van der Waals surface area contributed by atoms with Crippen molar-refractivity contribution >= 4 is 34.0 Å². The number of phenols is 6. The standard InChI is InChI=1S/C52H60N2O8/c1-27(2)41-35-21-29(5)43(49(57)45(35)37(47(55)51(41)59)25-53-39-17-9-7-13-31(39)23-33-15-11-19-61-33)44-30(6)22-36-42(28(3)4)52(60)48(56)38(46(36)50(44)58)26-54-40-18-10-8-14-32(40)24-34-16-12-20-62-34/h11-12,15-16,19-22,25-28,31-32,39-40,55-60H,7-10,13-14,17-18,23-24H2,1-6H3/t31-,32-,39-,40+/m1/s1. The summed E-state index contributed by atoms with van der Waals surface area (Å²) in [5.74, 6) is 0.159. The molecule has 0 bridgehead atoms. The number of hydrogen-bond donors (Lipinski definition) is 6. The van der Waals surface area contributed by atoms with Gasteiger partial charge in [0.15, 0.2) is 23.0 Å². The first kappa shape index (κ1) is 42.8. The van der Waals surface area contributed by atoms with Crippen molar-refractivity contribution in [2.45, 2.75) is 130 Å². The first-order chi connectivity index (χ1) is 29.8. The molecule has 0 saturated heterocycles. The summed E-state index contributed by atoms with van der Waals surface area (Å²) in [6.07, 6.45) is 15.9. The molecule has 2 aliphatic rings. The van der Waals surface area contributed by atoms with Gasteiger partial charge in [0.25, 0.3) is 0 Å². The highest BCUT2D eigenvalue weighted by atomic mass is 16.3. The van der Waals surface area contributed by atoms with Gasteiger partial charge in [-0.05, 0) is 109 Å². The molecule has 4 atom stereocenters. The molecule has 4 aromatic carbocycles. The first-order valence-electron chi connectivity index (χ1n) is 22.4. The third-order valence-electron chi connectivity index (χ3n) is 13.6. The Morgan fingerprint density at radius 1 is 0.565 bits per heavy atom. The number of fused-ring (bicyclic) bond motifs is 2. The van der Waals surface area contributed by atoms with Gasteiger partial charge in [0.05, 0.1) is 24.6 Å². The predicted octanol–water partition coefficient (Wildman–Crippen LogP) is 12.4. The molecule has 0 unspecified atom stereocenters. The lowest BCUT2D eigenvalue weighted by Crippen LogP contribution is -2.25. The molecule has 6 N–H and O–H groups in total. The van der Waals surface area contributed by atoms with Crippen LogP contribution >= 0.6 is 0 Å². The van der Waals surface area contributed by atoms with Crippen LogP contribution in [0.25, 0.3) is 32.7 Å². The fourth-order valence-corrected chi connectivity index (χ4v) is 10.6. The Hall–Kier alpha value is -5.90. The van der Waals surface area contributed by atoms with Gasteiger partial charge in [0.1, 0.15) is 23.0 Å². The van der Waals surface area contributed by atoms with E-state index in [-0.39, 0.29) is 81.4 Å². The van der Waals surface area contributed by atoms with Crippen LogP contribution in [0.3, 0.4) is 0 Å². The smallest absolute Gasteiger partial charge is 0.167 e. The third-order valence-corrected chi connectivity index (χ3v) is 13.6. The number of phenolic OH excluding ortho intramolecular Hbond substituents is 6. The molecule has 2 aromatic heterocycles. The second kappa shape index (κ2) is 17.5. The topological polar surface area (TPSA) is 172 Å². The van der Waals surface area contributed by atoms with Crippen LogP contribution in [0.2, 0.25) is 0 Å². The molecular weight excluding hydrogens is 781 g/mol. The van der Waals surface area contributed by atoms with Crippen molar-refractivity contribution in [1.82, 2.24) is 0 Å². The lowest BCUT2D eigenvalue weighted by molar-refractivity contribution is 0.292. The minimum atomic E-state index is -0.374. The van der Waals surface area contributed by atoms with E-state index in [9.17, 15) is 30.6 Å². The van der Waals surface area contributed by atoms with Gasteiger partial charge in [-0.2, -0.15) is 0 Å². The quantitative estimate of drug-likeness (QED) is 0.0552. The molecule has 10 nitrogen and oxygen atoms in total. The minimum Gasteiger partial charge on any atom is -0.507 e. The van der Waals surface area contributed by atoms with E-state index in [0.29, 0.717) is 54.9 Å². The van der Waals surface area contributed by atoms with E-state index in [1.165, 1.54) is 0 Å². The molecule has 0 spiro atoms. The van der Waals surface area contributed by atoms with Crippen molar-refractivity contribution in [3.63, 3.8) is 0 Å². The number of aromatic hydroxyl groups is 6. The van der Waals surface area contributed by atoms with E-state index in [4.69, 9.17) is 18.8 Å². The fraction of sp³-hybridized carbons (Fsp3) is 0.423. The minimum absolute atomic E-state index is 0.0672. The molecule has 0 amide bonds. The summed E-state index contributed by atoms with van der Waals surface area (Å²) in [5.41, 5.74) is 3.28. The van der Waals surface area contributed by atoms with E-state index in [1.54, 1.807) is 25.0 Å². The van der Waals surface area contributed by atoms with Crippen LogP contribution < -0.4 is 0 Å². The van der Waals surface area contributed by atoms with Gasteiger partial charge < -0.3 is 39.5 Å². The monoisotopic (exact) mass is 840 g/mol. The molecule has 326 valence electrons. The van der Waals surface area contributed by atoms with E-state index in [2.05, 4.69) is 0 Å². The van der Waals surface area contributed by atoms with Crippen molar-refractivity contribution in [2.24, 2.45) is 21.8 Å². The van der Waals surface area contributed by atoms with Crippen molar-refractivity contribution < 1.29 is 39.5 Å². The van der Waals surface area contributed by atoms with Crippen LogP contribution in [0.5, 0.6) is 34.5 Å². The Bertz CT molecular complexity index is 2470. The van der Waals surface area contributed by atoms with Gasteiger partial charge in [-0.1, -0.05) is 65.5 Å². The first-order valence-corrected chi connectivity index (χ1v) is 22.4. The molecular formula is C52H60N2O8. The van der Waals surface area contributed by atoms with Crippen molar-refractivity contribution in [2.75, 3.05) is 0 Å². The lowest BCUT2D eigenvalue weighted by Gasteiger charge is -2.28. The zero-order valence-electron chi connectivity index (χ0n) is 36.7. The summed E-state index contributed by atoms with van der Waals surface area (Å²) < 4.78 is 11.4. The Morgan fingerprint density at radius 3 is 1.31 bits per heavy atom. The van der Waals surface area contributed by atoms with Gasteiger partial charge in [0, 0.05) is 69.4 Å². The molecule has 8 rings (SSSR count). The summed E-state index contributed by atoms with van der Waals surface area (Å²) >= 11 is 0. The highest BCUT2D eigenvalue weighted by Crippen LogP contribution is 2.54. The Kier molecular flexibility index (Phi) is 12.0. The second-order valence-corrected chi connectivity index (χ2v) is 18.4. The highest BCUT2D eigenvalue weighted by Gasteiger charge is 2.32. The van der Waals surface area contributed by atoms with E-state index >= 15 is 0 Å². The number of hydrogen-bond acceptors (Lipinski definition) is 10. The van der Waals surface area contributed by atoms with Gasteiger partial charge in [-0.25, -0.2) is 0 Å². The molecule has 6 aromatic rings. The summed E-state index contributed by atoms with van der Waals surface area (Å²) in [5, 5.41) is 73.8. The Morgan fingerprint density at radius 2 is 0.952 bits per heavy atom. The van der Waals surface area contributed by atoms with Crippen LogP contribution in [0.15, 0.2) is 67.7 Å².